The Hall–Kier alpha value is -3.26. The molecule has 0 fully saturated rings. The SMILES string of the molecule is COc1cc(C=CC(=O)NCCCCN(CC=C(C)CCC=C(C)CO)C(=N)N)ccc1O. The lowest BCUT2D eigenvalue weighted by Gasteiger charge is -2.21. The second-order valence-corrected chi connectivity index (χ2v) is 7.89. The number of carbonyl (C=O) groups excluding carboxylic acids is 1. The summed E-state index contributed by atoms with van der Waals surface area (Å²) in [7, 11) is 1.47. The van der Waals surface area contributed by atoms with Crippen molar-refractivity contribution in [1.82, 2.24) is 10.2 Å². The molecule has 33 heavy (non-hydrogen) atoms. The zero-order valence-corrected chi connectivity index (χ0v) is 19.9. The van der Waals surface area contributed by atoms with E-state index in [0.717, 1.165) is 36.8 Å². The van der Waals surface area contributed by atoms with Crippen molar-refractivity contribution in [2.45, 2.75) is 39.5 Å². The van der Waals surface area contributed by atoms with Crippen LogP contribution in [0.5, 0.6) is 11.5 Å². The number of aliphatic hydroxyl groups excluding tert-OH is 1. The lowest BCUT2D eigenvalue weighted by atomic mass is 10.1. The molecule has 0 aliphatic heterocycles. The van der Waals surface area contributed by atoms with Crippen molar-refractivity contribution in [2.75, 3.05) is 33.4 Å². The molecule has 1 amide bonds. The number of nitrogens with two attached hydrogens (primary N) is 1. The molecule has 0 heterocycles. The van der Waals surface area contributed by atoms with E-state index in [1.165, 1.54) is 24.8 Å². The van der Waals surface area contributed by atoms with E-state index < -0.39 is 0 Å². The number of nitrogens with zero attached hydrogens (tertiary/aromatic N) is 1. The van der Waals surface area contributed by atoms with Gasteiger partial charge in [0.05, 0.1) is 13.7 Å². The minimum absolute atomic E-state index is 0.0337. The summed E-state index contributed by atoms with van der Waals surface area (Å²) in [5.74, 6) is 0.238. The van der Waals surface area contributed by atoms with Gasteiger partial charge >= 0.3 is 0 Å². The topological polar surface area (TPSA) is 132 Å². The van der Waals surface area contributed by atoms with Gasteiger partial charge in [0, 0.05) is 25.7 Å². The first-order valence-corrected chi connectivity index (χ1v) is 11.1. The second kappa shape index (κ2) is 15.5. The van der Waals surface area contributed by atoms with Crippen LogP contribution in [-0.4, -0.2) is 60.3 Å². The minimum Gasteiger partial charge on any atom is -0.504 e. The Morgan fingerprint density at radius 2 is 2.00 bits per heavy atom. The van der Waals surface area contributed by atoms with E-state index in [-0.39, 0.29) is 24.2 Å². The molecule has 1 aromatic carbocycles. The highest BCUT2D eigenvalue weighted by Crippen LogP contribution is 2.26. The number of rotatable bonds is 14. The third-order valence-corrected chi connectivity index (χ3v) is 5.07. The Kier molecular flexibility index (Phi) is 13.1. The van der Waals surface area contributed by atoms with Gasteiger partial charge in [0.15, 0.2) is 17.5 Å². The fourth-order valence-electron chi connectivity index (χ4n) is 2.96. The first-order valence-electron chi connectivity index (χ1n) is 11.1. The number of amides is 1. The number of allylic oxidation sites excluding steroid dienone is 2. The zero-order valence-electron chi connectivity index (χ0n) is 19.9. The van der Waals surface area contributed by atoms with Gasteiger partial charge in [0.2, 0.25) is 5.91 Å². The van der Waals surface area contributed by atoms with Gasteiger partial charge in [-0.05, 0) is 63.3 Å². The third kappa shape index (κ3) is 11.8. The Bertz CT molecular complexity index is 862. The Balaban J connectivity index is 2.35. The Morgan fingerprint density at radius 1 is 1.24 bits per heavy atom. The predicted octanol–water partition coefficient (Wildman–Crippen LogP) is 3.17. The van der Waals surface area contributed by atoms with Crippen molar-refractivity contribution in [2.24, 2.45) is 5.73 Å². The number of phenolic OH excluding ortho intramolecular Hbond substituents is 1. The number of phenols is 1. The Labute approximate surface area is 196 Å². The number of carbonyl (C=O) groups is 1. The van der Waals surface area contributed by atoms with Crippen LogP contribution in [0, 0.1) is 5.41 Å². The van der Waals surface area contributed by atoms with Crippen molar-refractivity contribution in [3.05, 3.63) is 53.1 Å². The van der Waals surface area contributed by atoms with Gasteiger partial charge in [-0.1, -0.05) is 29.4 Å². The molecule has 0 aliphatic carbocycles. The maximum Gasteiger partial charge on any atom is 0.243 e. The number of benzene rings is 1. The second-order valence-electron chi connectivity index (χ2n) is 7.89. The molecule has 0 saturated heterocycles. The summed E-state index contributed by atoms with van der Waals surface area (Å²) in [5.41, 5.74) is 8.64. The van der Waals surface area contributed by atoms with E-state index in [1.54, 1.807) is 23.1 Å². The number of ether oxygens (including phenoxy) is 1. The van der Waals surface area contributed by atoms with Crippen LogP contribution in [0.2, 0.25) is 0 Å². The quantitative estimate of drug-likeness (QED) is 0.0956. The van der Waals surface area contributed by atoms with Crippen LogP contribution in [0.1, 0.15) is 45.1 Å². The summed E-state index contributed by atoms with van der Waals surface area (Å²) in [4.78, 5) is 13.8. The summed E-state index contributed by atoms with van der Waals surface area (Å²) in [6.07, 6.45) is 10.6. The number of hydrogen-bond donors (Lipinski definition) is 5. The van der Waals surface area contributed by atoms with E-state index in [1.807, 2.05) is 13.0 Å². The number of methoxy groups -OCH3 is 1. The average molecular weight is 459 g/mol. The highest BCUT2D eigenvalue weighted by Gasteiger charge is 2.05. The molecule has 8 nitrogen and oxygen atoms in total. The Morgan fingerprint density at radius 3 is 2.67 bits per heavy atom. The van der Waals surface area contributed by atoms with Gasteiger partial charge < -0.3 is 30.9 Å². The molecule has 1 aromatic rings. The molecule has 0 atom stereocenters. The lowest BCUT2D eigenvalue weighted by Crippen LogP contribution is -2.37. The molecule has 0 aliphatic rings. The van der Waals surface area contributed by atoms with Gasteiger partial charge in [0.25, 0.3) is 0 Å². The maximum absolute atomic E-state index is 12.0. The van der Waals surface area contributed by atoms with Crippen molar-refractivity contribution < 1.29 is 19.7 Å². The van der Waals surface area contributed by atoms with Crippen molar-refractivity contribution in [3.8, 4) is 11.5 Å². The maximum atomic E-state index is 12.0. The zero-order chi connectivity index (χ0) is 24.6. The molecule has 0 bridgehead atoms. The molecular weight excluding hydrogens is 420 g/mol. The predicted molar refractivity (Wildman–Crippen MR) is 133 cm³/mol. The highest BCUT2D eigenvalue weighted by atomic mass is 16.5. The largest absolute Gasteiger partial charge is 0.504 e. The summed E-state index contributed by atoms with van der Waals surface area (Å²) in [6, 6.07) is 4.86. The first kappa shape index (κ1) is 27.8. The standard InChI is InChI=1S/C25H38N4O4/c1-19(7-6-8-20(2)18-30)13-16-29(25(26)27)15-5-4-14-28-24(32)12-10-21-9-11-22(31)23(17-21)33-3/h8-13,17,30-31H,4-7,14-16,18H2,1-3H3,(H3,26,27)(H,28,32). The molecule has 0 saturated carbocycles. The van der Waals surface area contributed by atoms with Gasteiger partial charge in [0.1, 0.15) is 0 Å². The van der Waals surface area contributed by atoms with Crippen LogP contribution < -0.4 is 15.8 Å². The molecule has 8 heteroatoms. The average Bonchev–Trinajstić information content (AvgIpc) is 2.79. The van der Waals surface area contributed by atoms with Crippen molar-refractivity contribution >= 4 is 17.9 Å². The summed E-state index contributed by atoms with van der Waals surface area (Å²) in [5, 5.41) is 29.2. The van der Waals surface area contributed by atoms with E-state index in [2.05, 4.69) is 18.3 Å². The molecule has 6 N–H and O–H groups in total. The molecule has 1 rings (SSSR count). The summed E-state index contributed by atoms with van der Waals surface area (Å²) >= 11 is 0. The van der Waals surface area contributed by atoms with E-state index in [9.17, 15) is 9.90 Å². The number of aliphatic hydroxyl groups is 1. The lowest BCUT2D eigenvalue weighted by molar-refractivity contribution is -0.116. The van der Waals surface area contributed by atoms with Crippen molar-refractivity contribution in [1.29, 1.82) is 5.41 Å². The molecular formula is C25H38N4O4. The number of aromatic hydroxyl groups is 1. The molecule has 0 aromatic heterocycles. The number of hydrogen-bond acceptors (Lipinski definition) is 5. The van der Waals surface area contributed by atoms with E-state index >= 15 is 0 Å². The fraction of sp³-hybridized carbons (Fsp3) is 0.440. The van der Waals surface area contributed by atoms with Crippen LogP contribution in [0.25, 0.3) is 6.08 Å². The molecule has 0 unspecified atom stereocenters. The van der Waals surface area contributed by atoms with Crippen LogP contribution in [-0.2, 0) is 4.79 Å². The highest BCUT2D eigenvalue weighted by molar-refractivity contribution is 5.91. The minimum atomic E-state index is -0.200. The van der Waals surface area contributed by atoms with Crippen molar-refractivity contribution in [3.63, 3.8) is 0 Å². The molecule has 0 spiro atoms. The van der Waals surface area contributed by atoms with Crippen LogP contribution >= 0.6 is 0 Å². The third-order valence-electron chi connectivity index (χ3n) is 5.07. The van der Waals surface area contributed by atoms with Gasteiger partial charge in [-0.25, -0.2) is 0 Å². The van der Waals surface area contributed by atoms with E-state index in [0.29, 0.717) is 25.4 Å². The van der Waals surface area contributed by atoms with Crippen LogP contribution in [0.4, 0.5) is 0 Å². The monoisotopic (exact) mass is 458 g/mol. The van der Waals surface area contributed by atoms with Gasteiger partial charge in [-0.2, -0.15) is 0 Å². The normalized spacial score (nSPS) is 12.1. The van der Waals surface area contributed by atoms with E-state index in [4.69, 9.17) is 21.0 Å². The van der Waals surface area contributed by atoms with Crippen LogP contribution in [0.15, 0.2) is 47.6 Å². The first-order chi connectivity index (χ1) is 15.8. The number of unbranched alkanes of at least 4 members (excludes halogenated alkanes) is 1. The fourth-order valence-corrected chi connectivity index (χ4v) is 2.96. The van der Waals surface area contributed by atoms with Gasteiger partial charge in [-0.15, -0.1) is 0 Å². The van der Waals surface area contributed by atoms with Gasteiger partial charge in [-0.3, -0.25) is 10.2 Å². The molecule has 182 valence electrons. The summed E-state index contributed by atoms with van der Waals surface area (Å²) in [6.45, 7) is 5.79. The summed E-state index contributed by atoms with van der Waals surface area (Å²) < 4.78 is 5.05. The number of guanidine groups is 1. The van der Waals surface area contributed by atoms with Crippen LogP contribution in [0.3, 0.4) is 0 Å². The molecule has 0 radical (unpaired) electrons. The smallest absolute Gasteiger partial charge is 0.243 e. The number of nitrogens with one attached hydrogen (secondary N) is 2.